The first-order valence-corrected chi connectivity index (χ1v) is 5.55. The van der Waals surface area contributed by atoms with Crippen LogP contribution in [0.15, 0.2) is 0 Å². The van der Waals surface area contributed by atoms with E-state index in [0.29, 0.717) is 13.0 Å². The molecule has 16 heavy (non-hydrogen) atoms. The van der Waals surface area contributed by atoms with Gasteiger partial charge in [0.2, 0.25) is 0 Å². The van der Waals surface area contributed by atoms with Crippen molar-refractivity contribution in [3.8, 4) is 0 Å². The fourth-order valence-electron chi connectivity index (χ4n) is 2.76. The SMILES string of the molecule is CC(C)(C)OC(=O)N1C2CO[C@@]23C(=O)CC13. The van der Waals surface area contributed by atoms with Gasteiger partial charge in [-0.25, -0.2) is 4.79 Å². The summed E-state index contributed by atoms with van der Waals surface area (Å²) in [4.78, 5) is 24.9. The van der Waals surface area contributed by atoms with E-state index in [-0.39, 0.29) is 24.0 Å². The number of carbonyl (C=O) groups excluding carboxylic acids is 2. The van der Waals surface area contributed by atoms with E-state index in [1.165, 1.54) is 0 Å². The summed E-state index contributed by atoms with van der Waals surface area (Å²) in [7, 11) is 0. The first kappa shape index (κ1) is 10.1. The molecule has 2 saturated heterocycles. The van der Waals surface area contributed by atoms with E-state index in [2.05, 4.69) is 0 Å². The predicted molar refractivity (Wildman–Crippen MR) is 54.0 cm³/mol. The summed E-state index contributed by atoms with van der Waals surface area (Å²) in [6.07, 6.45) is 0.0874. The number of ether oxygens (including phenoxy) is 2. The van der Waals surface area contributed by atoms with Gasteiger partial charge < -0.3 is 9.47 Å². The van der Waals surface area contributed by atoms with Crippen LogP contribution in [0.4, 0.5) is 4.79 Å². The maximum absolute atomic E-state index is 11.9. The van der Waals surface area contributed by atoms with Crippen molar-refractivity contribution in [2.45, 2.75) is 50.5 Å². The summed E-state index contributed by atoms with van der Waals surface area (Å²) in [6.45, 7) is 5.96. The quantitative estimate of drug-likeness (QED) is 0.609. The molecule has 1 spiro atoms. The highest BCUT2D eigenvalue weighted by molar-refractivity contribution is 6.01. The zero-order chi connectivity index (χ0) is 11.7. The molecule has 3 atom stereocenters. The lowest BCUT2D eigenvalue weighted by atomic mass is 9.57. The number of carbonyl (C=O) groups is 2. The first-order chi connectivity index (χ1) is 7.36. The van der Waals surface area contributed by atoms with Gasteiger partial charge in [0.05, 0.1) is 18.7 Å². The third-order valence-electron chi connectivity index (χ3n) is 3.56. The molecule has 0 aromatic heterocycles. The summed E-state index contributed by atoms with van der Waals surface area (Å²) in [5.41, 5.74) is -1.12. The maximum atomic E-state index is 11.9. The van der Waals surface area contributed by atoms with Crippen LogP contribution in [0.1, 0.15) is 27.2 Å². The lowest BCUT2D eigenvalue weighted by Crippen LogP contribution is -2.94. The summed E-state index contributed by atoms with van der Waals surface area (Å²) in [5, 5.41) is 0. The molecule has 2 aliphatic heterocycles. The van der Waals surface area contributed by atoms with Crippen molar-refractivity contribution >= 4 is 11.9 Å². The van der Waals surface area contributed by atoms with Crippen LogP contribution in [-0.2, 0) is 14.3 Å². The molecule has 1 aliphatic carbocycles. The molecule has 88 valence electrons. The average molecular weight is 225 g/mol. The molecule has 2 heterocycles. The lowest BCUT2D eigenvalue weighted by Gasteiger charge is -2.72. The zero-order valence-corrected chi connectivity index (χ0v) is 9.65. The summed E-state index contributed by atoms with van der Waals surface area (Å²) in [6, 6.07) is -0.151. The molecule has 5 nitrogen and oxygen atoms in total. The number of amides is 1. The van der Waals surface area contributed by atoms with Gasteiger partial charge in [-0.2, -0.15) is 0 Å². The largest absolute Gasteiger partial charge is 0.444 e. The van der Waals surface area contributed by atoms with Gasteiger partial charge in [0.1, 0.15) is 5.60 Å². The summed E-state index contributed by atoms with van der Waals surface area (Å²) < 4.78 is 10.6. The summed E-state index contributed by atoms with van der Waals surface area (Å²) in [5.74, 6) is 0.133. The molecular formula is C11H15NO4. The van der Waals surface area contributed by atoms with Crippen LogP contribution in [0.25, 0.3) is 0 Å². The molecule has 2 unspecified atom stereocenters. The van der Waals surface area contributed by atoms with Crippen molar-refractivity contribution in [2.75, 3.05) is 6.61 Å². The van der Waals surface area contributed by atoms with Crippen LogP contribution >= 0.6 is 0 Å². The number of piperidine rings is 1. The number of rotatable bonds is 0. The number of Topliss-reactive ketones (excluding diaryl/α,β-unsaturated/α-hetero) is 1. The average Bonchev–Trinajstić information content (AvgIpc) is 2.05. The molecule has 5 heteroatoms. The number of nitrogens with zero attached hydrogens (tertiary/aromatic N) is 1. The van der Waals surface area contributed by atoms with Crippen LogP contribution in [0.2, 0.25) is 0 Å². The Morgan fingerprint density at radius 2 is 2.19 bits per heavy atom. The number of hydrogen-bond donors (Lipinski definition) is 0. The number of ketones is 1. The van der Waals surface area contributed by atoms with E-state index in [1.54, 1.807) is 4.90 Å². The molecule has 3 fully saturated rings. The normalized spacial score (nSPS) is 39.9. The van der Waals surface area contributed by atoms with Crippen molar-refractivity contribution in [1.82, 2.24) is 4.90 Å². The Morgan fingerprint density at radius 1 is 1.50 bits per heavy atom. The van der Waals surface area contributed by atoms with Gasteiger partial charge >= 0.3 is 6.09 Å². The van der Waals surface area contributed by atoms with E-state index in [9.17, 15) is 9.59 Å². The van der Waals surface area contributed by atoms with E-state index in [4.69, 9.17) is 9.47 Å². The van der Waals surface area contributed by atoms with Gasteiger partial charge in [0.15, 0.2) is 11.4 Å². The van der Waals surface area contributed by atoms with Gasteiger partial charge in [-0.05, 0) is 20.8 Å². The van der Waals surface area contributed by atoms with E-state index < -0.39 is 11.2 Å². The Kier molecular flexibility index (Phi) is 1.63. The second kappa shape index (κ2) is 2.59. The minimum absolute atomic E-state index is 0.0754. The molecule has 0 aromatic carbocycles. The molecular weight excluding hydrogens is 210 g/mol. The third kappa shape index (κ3) is 0.948. The third-order valence-corrected chi connectivity index (χ3v) is 3.56. The molecule has 1 saturated carbocycles. The smallest absolute Gasteiger partial charge is 0.411 e. The monoisotopic (exact) mass is 225 g/mol. The summed E-state index contributed by atoms with van der Waals surface area (Å²) >= 11 is 0. The number of hydrogen-bond acceptors (Lipinski definition) is 4. The van der Waals surface area contributed by atoms with Gasteiger partial charge in [0, 0.05) is 6.42 Å². The van der Waals surface area contributed by atoms with Gasteiger partial charge in [-0.15, -0.1) is 0 Å². The molecule has 0 aromatic rings. The van der Waals surface area contributed by atoms with Crippen LogP contribution in [-0.4, -0.2) is 46.7 Å². The number of likely N-dealkylation sites (tertiary alicyclic amines) is 1. The minimum Gasteiger partial charge on any atom is -0.444 e. The Hall–Kier alpha value is -1.10. The van der Waals surface area contributed by atoms with Crippen molar-refractivity contribution in [3.63, 3.8) is 0 Å². The highest BCUT2D eigenvalue weighted by Crippen LogP contribution is 2.56. The fourth-order valence-corrected chi connectivity index (χ4v) is 2.76. The Labute approximate surface area is 93.7 Å². The molecule has 3 aliphatic rings. The zero-order valence-electron chi connectivity index (χ0n) is 9.65. The Balaban J connectivity index is 1.71. The van der Waals surface area contributed by atoms with Crippen LogP contribution in [0, 0.1) is 0 Å². The van der Waals surface area contributed by atoms with Crippen molar-refractivity contribution in [2.24, 2.45) is 0 Å². The van der Waals surface area contributed by atoms with Crippen molar-refractivity contribution in [3.05, 3.63) is 0 Å². The standard InChI is InChI=1S/C11H15NO4/c1-10(2,3)16-9(14)12-6-4-8(13)11(6)7(12)5-15-11/h6-7H,4-5H2,1-3H3/t6?,7?,11-/m1/s1. The second-order valence-corrected chi connectivity index (χ2v) is 5.65. The molecule has 3 rings (SSSR count). The van der Waals surface area contributed by atoms with Crippen LogP contribution in [0.5, 0.6) is 0 Å². The second-order valence-electron chi connectivity index (χ2n) is 5.65. The molecule has 0 radical (unpaired) electrons. The van der Waals surface area contributed by atoms with Gasteiger partial charge in [-0.3, -0.25) is 9.69 Å². The maximum Gasteiger partial charge on any atom is 0.411 e. The highest BCUT2D eigenvalue weighted by Gasteiger charge is 2.80. The molecule has 0 N–H and O–H groups in total. The first-order valence-electron chi connectivity index (χ1n) is 5.55. The Morgan fingerprint density at radius 3 is 2.56 bits per heavy atom. The predicted octanol–water partition coefficient (Wildman–Crippen LogP) is 0.716. The van der Waals surface area contributed by atoms with Gasteiger partial charge in [0.25, 0.3) is 0 Å². The van der Waals surface area contributed by atoms with Crippen LogP contribution in [0.3, 0.4) is 0 Å². The lowest BCUT2D eigenvalue weighted by molar-refractivity contribution is -0.321. The van der Waals surface area contributed by atoms with E-state index in [0.717, 1.165) is 0 Å². The van der Waals surface area contributed by atoms with Crippen molar-refractivity contribution < 1.29 is 19.1 Å². The molecule has 1 amide bonds. The Bertz CT molecular complexity index is 378. The topological polar surface area (TPSA) is 55.8 Å². The minimum atomic E-state index is -0.628. The number of morpholine rings is 1. The van der Waals surface area contributed by atoms with Gasteiger partial charge in [-0.1, -0.05) is 0 Å². The van der Waals surface area contributed by atoms with Crippen LogP contribution < -0.4 is 0 Å². The van der Waals surface area contributed by atoms with E-state index in [1.807, 2.05) is 20.8 Å². The highest BCUT2D eigenvalue weighted by atomic mass is 16.6. The fraction of sp³-hybridized carbons (Fsp3) is 0.818. The van der Waals surface area contributed by atoms with E-state index >= 15 is 0 Å². The van der Waals surface area contributed by atoms with Crippen molar-refractivity contribution in [1.29, 1.82) is 0 Å². The molecule has 0 bridgehead atoms.